The van der Waals surface area contributed by atoms with Crippen molar-refractivity contribution >= 4 is 11.7 Å². The van der Waals surface area contributed by atoms with Crippen molar-refractivity contribution in [3.8, 4) is 0 Å². The Morgan fingerprint density at radius 3 is 2.65 bits per heavy atom. The molecule has 3 N–H and O–H groups in total. The standard InChI is InChI=1S/C11H11N5O/c12-9-3-2-8(6-15-9)7-16-11(17)10-13-4-1-5-14-10/h1-6H,7H2,(H2,12,15)(H,16,17). The van der Waals surface area contributed by atoms with Gasteiger partial charge in [-0.3, -0.25) is 4.79 Å². The molecule has 0 aromatic carbocycles. The molecule has 0 aliphatic rings. The van der Waals surface area contributed by atoms with E-state index in [1.807, 2.05) is 0 Å². The third-order valence-corrected chi connectivity index (χ3v) is 2.07. The van der Waals surface area contributed by atoms with Crippen LogP contribution in [0.25, 0.3) is 0 Å². The highest BCUT2D eigenvalue weighted by Crippen LogP contribution is 2.00. The van der Waals surface area contributed by atoms with Gasteiger partial charge in [-0.25, -0.2) is 15.0 Å². The molecule has 0 saturated heterocycles. The fourth-order valence-corrected chi connectivity index (χ4v) is 1.22. The van der Waals surface area contributed by atoms with Crippen LogP contribution in [0.2, 0.25) is 0 Å². The number of nitrogens with one attached hydrogen (secondary N) is 1. The van der Waals surface area contributed by atoms with Crippen molar-refractivity contribution in [1.82, 2.24) is 20.3 Å². The first-order chi connectivity index (χ1) is 8.25. The summed E-state index contributed by atoms with van der Waals surface area (Å²) in [7, 11) is 0. The normalized spacial score (nSPS) is 9.88. The summed E-state index contributed by atoms with van der Waals surface area (Å²) in [6.07, 6.45) is 4.65. The van der Waals surface area contributed by atoms with E-state index in [0.717, 1.165) is 5.56 Å². The second-order valence-electron chi connectivity index (χ2n) is 3.35. The van der Waals surface area contributed by atoms with Crippen LogP contribution in [0.5, 0.6) is 0 Å². The number of pyridine rings is 1. The number of nitrogens with two attached hydrogens (primary N) is 1. The van der Waals surface area contributed by atoms with Gasteiger partial charge in [-0.15, -0.1) is 0 Å². The summed E-state index contributed by atoms with van der Waals surface area (Å²) >= 11 is 0. The molecule has 0 unspecified atom stereocenters. The quantitative estimate of drug-likeness (QED) is 0.793. The Kier molecular flexibility index (Phi) is 3.25. The first-order valence-corrected chi connectivity index (χ1v) is 5.01. The number of nitrogens with zero attached hydrogens (tertiary/aromatic N) is 3. The molecule has 0 saturated carbocycles. The number of carbonyl (C=O) groups excluding carboxylic acids is 1. The zero-order valence-corrected chi connectivity index (χ0v) is 9.00. The van der Waals surface area contributed by atoms with Gasteiger partial charge >= 0.3 is 0 Å². The minimum absolute atomic E-state index is 0.149. The molecule has 6 nitrogen and oxygen atoms in total. The molecule has 0 aliphatic carbocycles. The predicted octanol–water partition coefficient (Wildman–Crippen LogP) is 0.384. The number of aromatic nitrogens is 3. The largest absolute Gasteiger partial charge is 0.384 e. The fraction of sp³-hybridized carbons (Fsp3) is 0.0909. The first-order valence-electron chi connectivity index (χ1n) is 5.01. The number of rotatable bonds is 3. The Labute approximate surface area is 97.9 Å². The maximum absolute atomic E-state index is 11.6. The lowest BCUT2D eigenvalue weighted by molar-refractivity contribution is 0.0940. The van der Waals surface area contributed by atoms with E-state index in [2.05, 4.69) is 20.3 Å². The molecule has 2 heterocycles. The van der Waals surface area contributed by atoms with Crippen molar-refractivity contribution in [2.45, 2.75) is 6.54 Å². The highest BCUT2D eigenvalue weighted by Gasteiger charge is 2.06. The van der Waals surface area contributed by atoms with Crippen LogP contribution in [0.4, 0.5) is 5.82 Å². The molecule has 0 fully saturated rings. The van der Waals surface area contributed by atoms with E-state index >= 15 is 0 Å². The highest BCUT2D eigenvalue weighted by atomic mass is 16.2. The first kappa shape index (κ1) is 11.0. The SMILES string of the molecule is Nc1ccc(CNC(=O)c2ncccn2)cn1. The molecule has 86 valence electrons. The molecular weight excluding hydrogens is 218 g/mol. The lowest BCUT2D eigenvalue weighted by Gasteiger charge is -2.03. The number of nitrogen functional groups attached to an aromatic ring is 1. The van der Waals surface area contributed by atoms with Gasteiger partial charge in [0, 0.05) is 25.1 Å². The maximum atomic E-state index is 11.6. The van der Waals surface area contributed by atoms with Crippen LogP contribution >= 0.6 is 0 Å². The molecule has 6 heteroatoms. The van der Waals surface area contributed by atoms with Crippen LogP contribution in [-0.4, -0.2) is 20.9 Å². The van der Waals surface area contributed by atoms with E-state index in [9.17, 15) is 4.79 Å². The summed E-state index contributed by atoms with van der Waals surface area (Å²) in [5.74, 6) is 0.282. The predicted molar refractivity (Wildman–Crippen MR) is 61.9 cm³/mol. The van der Waals surface area contributed by atoms with Crippen LogP contribution in [0.1, 0.15) is 16.2 Å². The summed E-state index contributed by atoms with van der Waals surface area (Å²) < 4.78 is 0. The molecule has 1 amide bonds. The fourth-order valence-electron chi connectivity index (χ4n) is 1.22. The van der Waals surface area contributed by atoms with Gasteiger partial charge in [0.1, 0.15) is 5.82 Å². The Balaban J connectivity index is 1.95. The van der Waals surface area contributed by atoms with Crippen molar-refractivity contribution in [3.05, 3.63) is 48.2 Å². The van der Waals surface area contributed by atoms with Gasteiger partial charge in [-0.1, -0.05) is 6.07 Å². The number of amides is 1. The summed E-state index contributed by atoms with van der Waals surface area (Å²) in [5.41, 5.74) is 6.32. The number of anilines is 1. The summed E-state index contributed by atoms with van der Waals surface area (Å²) in [4.78, 5) is 23.2. The third kappa shape index (κ3) is 2.97. The Bertz CT molecular complexity index is 497. The zero-order valence-electron chi connectivity index (χ0n) is 9.00. The molecule has 2 aromatic rings. The zero-order chi connectivity index (χ0) is 12.1. The van der Waals surface area contributed by atoms with Crippen molar-refractivity contribution < 1.29 is 4.79 Å². The topological polar surface area (TPSA) is 93.8 Å². The minimum atomic E-state index is -0.317. The van der Waals surface area contributed by atoms with Crippen molar-refractivity contribution in [2.75, 3.05) is 5.73 Å². The molecule has 0 bridgehead atoms. The van der Waals surface area contributed by atoms with Crippen LogP contribution in [0.3, 0.4) is 0 Å². The van der Waals surface area contributed by atoms with E-state index in [1.165, 1.54) is 12.4 Å². The van der Waals surface area contributed by atoms with E-state index in [4.69, 9.17) is 5.73 Å². The number of hydrogen-bond acceptors (Lipinski definition) is 5. The van der Waals surface area contributed by atoms with Crippen molar-refractivity contribution in [3.63, 3.8) is 0 Å². The van der Waals surface area contributed by atoms with Gasteiger partial charge in [0.25, 0.3) is 5.91 Å². The summed E-state index contributed by atoms with van der Waals surface area (Å²) in [6.45, 7) is 0.365. The molecule has 0 aliphatic heterocycles. The van der Waals surface area contributed by atoms with Crippen molar-refractivity contribution in [1.29, 1.82) is 0 Å². The molecule has 0 spiro atoms. The van der Waals surface area contributed by atoms with E-state index in [-0.39, 0.29) is 11.7 Å². The monoisotopic (exact) mass is 229 g/mol. The van der Waals surface area contributed by atoms with Crippen LogP contribution in [-0.2, 0) is 6.54 Å². The second kappa shape index (κ2) is 5.02. The van der Waals surface area contributed by atoms with Gasteiger partial charge in [0.05, 0.1) is 0 Å². The smallest absolute Gasteiger partial charge is 0.289 e. The maximum Gasteiger partial charge on any atom is 0.289 e. The number of carbonyl (C=O) groups is 1. The molecule has 2 rings (SSSR count). The van der Waals surface area contributed by atoms with Gasteiger partial charge in [0.2, 0.25) is 5.82 Å². The average molecular weight is 229 g/mol. The third-order valence-electron chi connectivity index (χ3n) is 2.07. The van der Waals surface area contributed by atoms with Gasteiger partial charge in [0.15, 0.2) is 0 Å². The second-order valence-corrected chi connectivity index (χ2v) is 3.35. The Morgan fingerprint density at radius 1 is 1.24 bits per heavy atom. The van der Waals surface area contributed by atoms with Gasteiger partial charge in [-0.2, -0.15) is 0 Å². The number of hydrogen-bond donors (Lipinski definition) is 2. The lowest BCUT2D eigenvalue weighted by Crippen LogP contribution is -2.24. The summed E-state index contributed by atoms with van der Waals surface area (Å²) in [5, 5.41) is 2.69. The van der Waals surface area contributed by atoms with Crippen LogP contribution in [0.15, 0.2) is 36.8 Å². The highest BCUT2D eigenvalue weighted by molar-refractivity contribution is 5.90. The van der Waals surface area contributed by atoms with Crippen LogP contribution < -0.4 is 11.1 Å². The molecule has 17 heavy (non-hydrogen) atoms. The van der Waals surface area contributed by atoms with Crippen molar-refractivity contribution in [2.24, 2.45) is 0 Å². The van der Waals surface area contributed by atoms with E-state index in [1.54, 1.807) is 24.4 Å². The summed E-state index contributed by atoms with van der Waals surface area (Å²) in [6, 6.07) is 5.13. The molecule has 0 radical (unpaired) electrons. The van der Waals surface area contributed by atoms with Crippen LogP contribution in [0, 0.1) is 0 Å². The Hall–Kier alpha value is -2.50. The van der Waals surface area contributed by atoms with E-state index in [0.29, 0.717) is 12.4 Å². The minimum Gasteiger partial charge on any atom is -0.384 e. The Morgan fingerprint density at radius 2 is 2.00 bits per heavy atom. The molecule has 0 atom stereocenters. The van der Waals surface area contributed by atoms with Gasteiger partial charge in [-0.05, 0) is 17.7 Å². The van der Waals surface area contributed by atoms with E-state index < -0.39 is 0 Å². The average Bonchev–Trinajstić information content (AvgIpc) is 2.39. The lowest BCUT2D eigenvalue weighted by atomic mass is 10.3. The molecule has 2 aromatic heterocycles. The molecular formula is C11H11N5O. The van der Waals surface area contributed by atoms with Gasteiger partial charge < -0.3 is 11.1 Å².